The molecule has 0 radical (unpaired) electrons. The number of halogens is 2. The minimum Gasteiger partial charge on any atom is -0.347 e. The largest absolute Gasteiger partial charge is 0.347 e. The first-order valence-electron chi connectivity index (χ1n) is 8.38. The lowest BCUT2D eigenvalue weighted by atomic mass is 10.3. The van der Waals surface area contributed by atoms with Gasteiger partial charge in [-0.3, -0.25) is 0 Å². The summed E-state index contributed by atoms with van der Waals surface area (Å²) in [6.45, 7) is 1.59. The van der Waals surface area contributed by atoms with Crippen LogP contribution in [0, 0.1) is 5.82 Å². The Bertz CT molecular complexity index is 935. The molecule has 1 aromatic heterocycles. The summed E-state index contributed by atoms with van der Waals surface area (Å²) in [5.41, 5.74) is 0. The smallest absolute Gasteiger partial charge is 0.241 e. The molecule has 1 aliphatic rings. The molecular formula is C16H20ClFN6O2S. The minimum atomic E-state index is -3.89. The molecule has 8 nitrogen and oxygen atoms in total. The van der Waals surface area contributed by atoms with Crippen LogP contribution in [0.4, 0.5) is 16.3 Å². The van der Waals surface area contributed by atoms with E-state index in [0.717, 1.165) is 44.1 Å². The van der Waals surface area contributed by atoms with Crippen LogP contribution < -0.4 is 14.5 Å². The number of nitrogens with zero attached hydrogens (tertiary/aromatic N) is 5. The SMILES string of the molecule is CN(C)c1nc(CNS(=O)(=O)c2ccc(F)c(Cl)c2)nc(N2CCCC2)n1. The van der Waals surface area contributed by atoms with Crippen molar-refractivity contribution in [2.45, 2.75) is 24.3 Å². The summed E-state index contributed by atoms with van der Waals surface area (Å²) in [5, 5.41) is -0.260. The second-order valence-electron chi connectivity index (χ2n) is 6.34. The highest BCUT2D eigenvalue weighted by Gasteiger charge is 2.20. The van der Waals surface area contributed by atoms with Crippen molar-refractivity contribution >= 4 is 33.5 Å². The number of hydrogen-bond acceptors (Lipinski definition) is 7. The Kier molecular flexibility index (Phi) is 5.78. The number of aromatic nitrogens is 3. The summed E-state index contributed by atoms with van der Waals surface area (Å²) in [4.78, 5) is 16.8. The van der Waals surface area contributed by atoms with Gasteiger partial charge in [-0.05, 0) is 31.0 Å². The monoisotopic (exact) mass is 414 g/mol. The van der Waals surface area contributed by atoms with Crippen molar-refractivity contribution in [3.05, 3.63) is 34.9 Å². The lowest BCUT2D eigenvalue weighted by molar-refractivity contribution is 0.578. The zero-order chi connectivity index (χ0) is 19.6. The van der Waals surface area contributed by atoms with Crippen molar-refractivity contribution in [2.75, 3.05) is 37.0 Å². The minimum absolute atomic E-state index is 0.123. The van der Waals surface area contributed by atoms with Gasteiger partial charge in [0.1, 0.15) is 5.82 Å². The number of hydrogen-bond donors (Lipinski definition) is 1. The lowest BCUT2D eigenvalue weighted by Crippen LogP contribution is -2.27. The standard InChI is InChI=1S/C16H20ClFN6O2S/c1-23(2)15-20-14(21-16(22-15)24-7-3-4-8-24)10-19-27(25,26)11-5-6-13(18)12(17)9-11/h5-6,9,19H,3-4,7-8,10H2,1-2H3. The Hall–Kier alpha value is -2.04. The first-order chi connectivity index (χ1) is 12.8. The topological polar surface area (TPSA) is 91.3 Å². The third-order valence-electron chi connectivity index (χ3n) is 4.07. The molecule has 1 aromatic carbocycles. The molecule has 0 unspecified atom stereocenters. The predicted molar refractivity (Wildman–Crippen MR) is 101 cm³/mol. The third-order valence-corrected chi connectivity index (χ3v) is 5.76. The van der Waals surface area contributed by atoms with Crippen LogP contribution in [0.3, 0.4) is 0 Å². The molecule has 0 amide bonds. The molecule has 1 N–H and O–H groups in total. The van der Waals surface area contributed by atoms with E-state index in [4.69, 9.17) is 11.6 Å². The van der Waals surface area contributed by atoms with Crippen LogP contribution in [-0.2, 0) is 16.6 Å². The van der Waals surface area contributed by atoms with Gasteiger partial charge in [0.15, 0.2) is 5.82 Å². The summed E-state index contributed by atoms with van der Waals surface area (Å²) < 4.78 is 40.6. The van der Waals surface area contributed by atoms with E-state index in [0.29, 0.717) is 17.7 Å². The number of benzene rings is 1. The van der Waals surface area contributed by atoms with Gasteiger partial charge >= 0.3 is 0 Å². The molecule has 1 fully saturated rings. The van der Waals surface area contributed by atoms with Gasteiger partial charge in [0, 0.05) is 27.2 Å². The molecule has 1 aliphatic heterocycles. The third kappa shape index (κ3) is 4.63. The van der Waals surface area contributed by atoms with Crippen LogP contribution in [0.2, 0.25) is 5.02 Å². The highest BCUT2D eigenvalue weighted by molar-refractivity contribution is 7.89. The zero-order valence-electron chi connectivity index (χ0n) is 15.0. The normalized spacial score (nSPS) is 14.6. The Balaban J connectivity index is 1.82. The van der Waals surface area contributed by atoms with Gasteiger partial charge in [-0.2, -0.15) is 15.0 Å². The number of rotatable bonds is 6. The van der Waals surface area contributed by atoms with Crippen molar-refractivity contribution in [3.63, 3.8) is 0 Å². The summed E-state index contributed by atoms with van der Waals surface area (Å²) in [5.74, 6) is 0.600. The molecule has 3 rings (SSSR count). The van der Waals surface area contributed by atoms with Crippen molar-refractivity contribution < 1.29 is 12.8 Å². The van der Waals surface area contributed by atoms with Gasteiger partial charge in [-0.15, -0.1) is 0 Å². The van der Waals surface area contributed by atoms with Gasteiger partial charge in [-0.1, -0.05) is 11.6 Å². The summed E-state index contributed by atoms with van der Waals surface area (Å²) in [6.07, 6.45) is 2.13. The molecule has 11 heteroatoms. The summed E-state index contributed by atoms with van der Waals surface area (Å²) in [6, 6.07) is 3.22. The molecule has 146 valence electrons. The first-order valence-corrected chi connectivity index (χ1v) is 10.2. The van der Waals surface area contributed by atoms with E-state index in [9.17, 15) is 12.8 Å². The van der Waals surface area contributed by atoms with Crippen molar-refractivity contribution in [1.29, 1.82) is 0 Å². The van der Waals surface area contributed by atoms with Gasteiger partial charge < -0.3 is 9.80 Å². The number of nitrogens with one attached hydrogen (secondary N) is 1. The molecule has 1 saturated heterocycles. The highest BCUT2D eigenvalue weighted by Crippen LogP contribution is 2.20. The van der Waals surface area contributed by atoms with Crippen LogP contribution in [0.1, 0.15) is 18.7 Å². The Morgan fingerprint density at radius 3 is 2.56 bits per heavy atom. The average Bonchev–Trinajstić information content (AvgIpc) is 3.17. The molecule has 0 atom stereocenters. The maximum Gasteiger partial charge on any atom is 0.241 e. The predicted octanol–water partition coefficient (Wildman–Crippen LogP) is 1.81. The van der Waals surface area contributed by atoms with Crippen molar-refractivity contribution in [3.8, 4) is 0 Å². The van der Waals surface area contributed by atoms with Gasteiger partial charge in [0.2, 0.25) is 21.9 Å². The van der Waals surface area contributed by atoms with E-state index in [-0.39, 0.29) is 16.5 Å². The zero-order valence-corrected chi connectivity index (χ0v) is 16.6. The molecule has 2 heterocycles. The van der Waals surface area contributed by atoms with Crippen molar-refractivity contribution in [1.82, 2.24) is 19.7 Å². The van der Waals surface area contributed by atoms with E-state index in [2.05, 4.69) is 19.7 Å². The summed E-state index contributed by atoms with van der Waals surface area (Å²) in [7, 11) is -0.285. The van der Waals surface area contributed by atoms with Crippen LogP contribution in [0.15, 0.2) is 23.1 Å². The first kappa shape index (κ1) is 19.7. The van der Waals surface area contributed by atoms with E-state index >= 15 is 0 Å². The molecular weight excluding hydrogens is 395 g/mol. The molecule has 27 heavy (non-hydrogen) atoms. The average molecular weight is 415 g/mol. The van der Waals surface area contributed by atoms with E-state index in [1.165, 1.54) is 0 Å². The number of anilines is 2. The van der Waals surface area contributed by atoms with Gasteiger partial charge in [0.05, 0.1) is 16.5 Å². The van der Waals surface area contributed by atoms with E-state index in [1.54, 1.807) is 19.0 Å². The fourth-order valence-electron chi connectivity index (χ4n) is 2.62. The van der Waals surface area contributed by atoms with Gasteiger partial charge in [0.25, 0.3) is 0 Å². The molecule has 0 spiro atoms. The Morgan fingerprint density at radius 2 is 1.93 bits per heavy atom. The van der Waals surface area contributed by atoms with E-state index in [1.807, 2.05) is 4.90 Å². The fraction of sp³-hybridized carbons (Fsp3) is 0.438. The second kappa shape index (κ2) is 7.91. The quantitative estimate of drug-likeness (QED) is 0.770. The molecule has 2 aromatic rings. The maximum atomic E-state index is 13.3. The number of sulfonamides is 1. The Morgan fingerprint density at radius 1 is 1.22 bits per heavy atom. The van der Waals surface area contributed by atoms with Crippen LogP contribution in [0.25, 0.3) is 0 Å². The van der Waals surface area contributed by atoms with Crippen LogP contribution in [-0.4, -0.2) is 50.6 Å². The second-order valence-corrected chi connectivity index (χ2v) is 8.51. The Labute approximate surface area is 162 Å². The molecule has 0 saturated carbocycles. The maximum absolute atomic E-state index is 13.3. The lowest BCUT2D eigenvalue weighted by Gasteiger charge is -2.19. The summed E-state index contributed by atoms with van der Waals surface area (Å²) >= 11 is 5.67. The fourth-order valence-corrected chi connectivity index (χ4v) is 3.87. The highest BCUT2D eigenvalue weighted by atomic mass is 35.5. The van der Waals surface area contributed by atoms with Gasteiger partial charge in [-0.25, -0.2) is 17.5 Å². The van der Waals surface area contributed by atoms with Crippen molar-refractivity contribution in [2.24, 2.45) is 0 Å². The van der Waals surface area contributed by atoms with E-state index < -0.39 is 15.8 Å². The molecule has 0 aliphatic carbocycles. The van der Waals surface area contributed by atoms with Crippen LogP contribution in [0.5, 0.6) is 0 Å². The molecule has 0 bridgehead atoms. The van der Waals surface area contributed by atoms with Crippen LogP contribution >= 0.6 is 11.6 Å².